The van der Waals surface area contributed by atoms with Crippen molar-refractivity contribution < 1.29 is 9.90 Å². The predicted molar refractivity (Wildman–Crippen MR) is 73.8 cm³/mol. The molecule has 1 N–H and O–H groups in total. The van der Waals surface area contributed by atoms with Crippen molar-refractivity contribution in [2.45, 2.75) is 6.92 Å². The molecule has 0 spiro atoms. The van der Waals surface area contributed by atoms with Gasteiger partial charge in [-0.25, -0.2) is 4.79 Å². The molecule has 0 aliphatic heterocycles. The van der Waals surface area contributed by atoms with Crippen molar-refractivity contribution >= 4 is 39.4 Å². The molecule has 0 aliphatic rings. The van der Waals surface area contributed by atoms with Crippen LogP contribution in [0.25, 0.3) is 21.8 Å². The Bertz CT molecular complexity index is 830. The molecule has 3 aromatic rings. The Morgan fingerprint density at radius 1 is 1.21 bits per heavy atom. The number of pyridine rings is 2. The molecule has 94 valence electrons. The second-order valence-corrected chi connectivity index (χ2v) is 4.65. The summed E-state index contributed by atoms with van der Waals surface area (Å²) in [6.07, 6.45) is 1.28. The number of aromatic nitrogens is 2. The van der Waals surface area contributed by atoms with Gasteiger partial charge >= 0.3 is 5.97 Å². The van der Waals surface area contributed by atoms with Gasteiger partial charge in [-0.2, -0.15) is 0 Å². The lowest BCUT2D eigenvalue weighted by Crippen LogP contribution is -1.99. The molecule has 1 aromatic carbocycles. The first-order chi connectivity index (χ1) is 9.08. The van der Waals surface area contributed by atoms with Gasteiger partial charge < -0.3 is 5.11 Å². The summed E-state index contributed by atoms with van der Waals surface area (Å²) in [5.41, 5.74) is 2.33. The Hall–Kier alpha value is -2.20. The van der Waals surface area contributed by atoms with Crippen molar-refractivity contribution in [1.29, 1.82) is 0 Å². The molecule has 3 rings (SSSR count). The SMILES string of the molecule is Cc1ccc2c(ccc3ncc(C(=O)O)c(Cl)c32)n1. The molecule has 0 bridgehead atoms. The maximum atomic E-state index is 11.1. The highest BCUT2D eigenvalue weighted by atomic mass is 35.5. The van der Waals surface area contributed by atoms with Crippen LogP contribution in [0.15, 0.2) is 30.5 Å². The molecule has 0 aliphatic carbocycles. The van der Waals surface area contributed by atoms with Gasteiger partial charge in [-0.05, 0) is 25.1 Å². The van der Waals surface area contributed by atoms with Gasteiger partial charge in [0.1, 0.15) is 0 Å². The molecule has 0 amide bonds. The largest absolute Gasteiger partial charge is 0.478 e. The molecule has 4 nitrogen and oxygen atoms in total. The van der Waals surface area contributed by atoms with E-state index in [4.69, 9.17) is 16.7 Å². The number of carbonyl (C=O) groups is 1. The lowest BCUT2D eigenvalue weighted by atomic mass is 10.1. The Morgan fingerprint density at radius 3 is 2.68 bits per heavy atom. The summed E-state index contributed by atoms with van der Waals surface area (Å²) in [6, 6.07) is 7.40. The first kappa shape index (κ1) is 11.9. The highest BCUT2D eigenvalue weighted by Gasteiger charge is 2.15. The number of carboxylic acid groups (broad SMARTS) is 1. The van der Waals surface area contributed by atoms with Gasteiger partial charge in [0, 0.05) is 22.7 Å². The molecule has 2 aromatic heterocycles. The van der Waals surface area contributed by atoms with Crippen LogP contribution in [0.3, 0.4) is 0 Å². The zero-order valence-electron chi connectivity index (χ0n) is 10.0. The quantitative estimate of drug-likeness (QED) is 0.689. The summed E-state index contributed by atoms with van der Waals surface area (Å²) in [7, 11) is 0. The number of hydrogen-bond donors (Lipinski definition) is 1. The van der Waals surface area contributed by atoms with Crippen LogP contribution in [0.2, 0.25) is 5.02 Å². The minimum absolute atomic E-state index is 0.00208. The van der Waals surface area contributed by atoms with E-state index >= 15 is 0 Å². The monoisotopic (exact) mass is 272 g/mol. The van der Waals surface area contributed by atoms with E-state index in [1.165, 1.54) is 6.20 Å². The van der Waals surface area contributed by atoms with Crippen molar-refractivity contribution in [3.8, 4) is 0 Å². The predicted octanol–water partition coefficient (Wildman–Crippen LogP) is 3.44. The summed E-state index contributed by atoms with van der Waals surface area (Å²) in [5.74, 6) is -1.09. The summed E-state index contributed by atoms with van der Waals surface area (Å²) in [6.45, 7) is 1.90. The van der Waals surface area contributed by atoms with Crippen molar-refractivity contribution in [3.63, 3.8) is 0 Å². The van der Waals surface area contributed by atoms with Gasteiger partial charge in [-0.1, -0.05) is 17.7 Å². The van der Waals surface area contributed by atoms with E-state index in [1.807, 2.05) is 25.1 Å². The molecule has 0 fully saturated rings. The molecule has 5 heteroatoms. The molecular formula is C14H9ClN2O2. The third-order valence-corrected chi connectivity index (χ3v) is 3.40. The highest BCUT2D eigenvalue weighted by molar-refractivity contribution is 6.40. The van der Waals surface area contributed by atoms with E-state index < -0.39 is 5.97 Å². The van der Waals surface area contributed by atoms with Crippen LogP contribution in [-0.4, -0.2) is 21.0 Å². The van der Waals surface area contributed by atoms with Gasteiger partial charge in [-0.15, -0.1) is 0 Å². The molecule has 0 radical (unpaired) electrons. The lowest BCUT2D eigenvalue weighted by Gasteiger charge is -2.07. The van der Waals surface area contributed by atoms with Gasteiger partial charge in [0.05, 0.1) is 21.6 Å². The van der Waals surface area contributed by atoms with Gasteiger partial charge in [-0.3, -0.25) is 9.97 Å². The zero-order valence-corrected chi connectivity index (χ0v) is 10.8. The van der Waals surface area contributed by atoms with Gasteiger partial charge in [0.15, 0.2) is 0 Å². The van der Waals surface area contributed by atoms with Crippen molar-refractivity contribution in [2.24, 2.45) is 0 Å². The maximum absolute atomic E-state index is 11.1. The average molecular weight is 273 g/mol. The van der Waals surface area contributed by atoms with E-state index in [1.54, 1.807) is 6.07 Å². The summed E-state index contributed by atoms with van der Waals surface area (Å²) < 4.78 is 0. The molecule has 2 heterocycles. The van der Waals surface area contributed by atoms with Crippen LogP contribution in [0.4, 0.5) is 0 Å². The minimum atomic E-state index is -1.09. The smallest absolute Gasteiger partial charge is 0.338 e. The van der Waals surface area contributed by atoms with E-state index in [-0.39, 0.29) is 10.6 Å². The van der Waals surface area contributed by atoms with Crippen LogP contribution in [0.1, 0.15) is 16.1 Å². The number of nitrogens with zero attached hydrogens (tertiary/aromatic N) is 2. The number of hydrogen-bond acceptors (Lipinski definition) is 3. The van der Waals surface area contributed by atoms with E-state index in [2.05, 4.69) is 9.97 Å². The van der Waals surface area contributed by atoms with Crippen LogP contribution in [-0.2, 0) is 0 Å². The van der Waals surface area contributed by atoms with Gasteiger partial charge in [0.2, 0.25) is 0 Å². The maximum Gasteiger partial charge on any atom is 0.338 e. The van der Waals surface area contributed by atoms with Crippen molar-refractivity contribution in [2.75, 3.05) is 0 Å². The minimum Gasteiger partial charge on any atom is -0.478 e. The lowest BCUT2D eigenvalue weighted by molar-refractivity contribution is 0.0697. The van der Waals surface area contributed by atoms with Crippen LogP contribution in [0.5, 0.6) is 0 Å². The molecule has 0 saturated heterocycles. The molecule has 0 saturated carbocycles. The van der Waals surface area contributed by atoms with E-state index in [9.17, 15) is 4.79 Å². The molecular weight excluding hydrogens is 264 g/mol. The number of aromatic carboxylic acids is 1. The number of halogens is 1. The summed E-state index contributed by atoms with van der Waals surface area (Å²) in [4.78, 5) is 19.7. The normalized spacial score (nSPS) is 11.1. The molecule has 0 unspecified atom stereocenters. The Kier molecular flexibility index (Phi) is 2.61. The third-order valence-electron chi connectivity index (χ3n) is 3.01. The van der Waals surface area contributed by atoms with Crippen LogP contribution in [0, 0.1) is 6.92 Å². The Morgan fingerprint density at radius 2 is 1.95 bits per heavy atom. The standard InChI is InChI=1S/C14H9ClN2O2/c1-7-2-3-8-10(17-7)4-5-11-12(8)13(15)9(6-16-11)14(18)19/h2-6H,1H3,(H,18,19). The second-order valence-electron chi connectivity index (χ2n) is 4.27. The summed E-state index contributed by atoms with van der Waals surface area (Å²) >= 11 is 6.21. The fraction of sp³-hybridized carbons (Fsp3) is 0.0714. The first-order valence-electron chi connectivity index (χ1n) is 5.66. The second kappa shape index (κ2) is 4.17. The van der Waals surface area contributed by atoms with Crippen LogP contribution >= 0.6 is 11.6 Å². The summed E-state index contributed by atoms with van der Waals surface area (Å²) in [5, 5.41) is 10.7. The topological polar surface area (TPSA) is 63.1 Å². The Balaban J connectivity index is 2.52. The average Bonchev–Trinajstić information content (AvgIpc) is 2.38. The molecule has 0 atom stereocenters. The van der Waals surface area contributed by atoms with Gasteiger partial charge in [0.25, 0.3) is 0 Å². The van der Waals surface area contributed by atoms with Crippen LogP contribution < -0.4 is 0 Å². The number of aryl methyl sites for hydroxylation is 1. The number of fused-ring (bicyclic) bond motifs is 3. The highest BCUT2D eigenvalue weighted by Crippen LogP contribution is 2.31. The molecule has 19 heavy (non-hydrogen) atoms. The zero-order chi connectivity index (χ0) is 13.6. The van der Waals surface area contributed by atoms with Crippen molar-refractivity contribution in [1.82, 2.24) is 9.97 Å². The van der Waals surface area contributed by atoms with Crippen molar-refractivity contribution in [3.05, 3.63) is 46.7 Å². The number of carboxylic acids is 1. The first-order valence-corrected chi connectivity index (χ1v) is 6.03. The Labute approximate surface area is 113 Å². The fourth-order valence-corrected chi connectivity index (χ4v) is 2.44. The third kappa shape index (κ3) is 1.81. The van der Waals surface area contributed by atoms with E-state index in [0.29, 0.717) is 10.9 Å². The van der Waals surface area contributed by atoms with E-state index in [0.717, 1.165) is 16.6 Å². The number of rotatable bonds is 1. The fourth-order valence-electron chi connectivity index (χ4n) is 2.11. The number of benzene rings is 1.